The molecule has 0 heterocycles. The van der Waals surface area contributed by atoms with Crippen LogP contribution in [0.4, 0.5) is 4.39 Å². The Morgan fingerprint density at radius 2 is 1.73 bits per heavy atom. The summed E-state index contributed by atoms with van der Waals surface area (Å²) in [5, 5.41) is 9.70. The molecule has 1 N–H and O–H groups in total. The molecule has 1 aliphatic rings. The quantitative estimate of drug-likeness (QED) is 0.702. The number of hydrogen-bond donors (Lipinski definition) is 1. The molecule has 2 atom stereocenters. The van der Waals surface area contributed by atoms with E-state index in [9.17, 15) is 9.50 Å². The summed E-state index contributed by atoms with van der Waals surface area (Å²) in [6, 6.07) is 6.70. The van der Waals surface area contributed by atoms with Crippen LogP contribution in [0.2, 0.25) is 0 Å². The topological polar surface area (TPSA) is 20.2 Å². The fourth-order valence-corrected chi connectivity index (χ4v) is 2.37. The highest BCUT2D eigenvalue weighted by molar-refractivity contribution is 5.20. The maximum absolute atomic E-state index is 12.8. The van der Waals surface area contributed by atoms with E-state index >= 15 is 0 Å². The lowest BCUT2D eigenvalue weighted by Crippen LogP contribution is -2.09. The van der Waals surface area contributed by atoms with Gasteiger partial charge in [0.2, 0.25) is 0 Å². The Morgan fingerprint density at radius 3 is 2.47 bits per heavy atom. The van der Waals surface area contributed by atoms with Gasteiger partial charge >= 0.3 is 0 Å². The average Bonchev–Trinajstić information content (AvgIpc) is 2.44. The maximum atomic E-state index is 12.8. The van der Waals surface area contributed by atoms with E-state index in [1.54, 1.807) is 0 Å². The first-order valence-electron chi connectivity index (χ1n) is 5.69. The van der Waals surface area contributed by atoms with E-state index in [4.69, 9.17) is 0 Å². The van der Waals surface area contributed by atoms with E-state index in [0.717, 1.165) is 31.2 Å². The van der Waals surface area contributed by atoms with Crippen LogP contribution in [0, 0.1) is 5.82 Å². The fraction of sp³-hybridized carbons (Fsp3) is 0.538. The number of rotatable bonds is 1. The molecule has 0 aliphatic heterocycles. The minimum Gasteiger partial charge on any atom is -0.393 e. The van der Waals surface area contributed by atoms with Gasteiger partial charge < -0.3 is 5.11 Å². The van der Waals surface area contributed by atoms with Crippen molar-refractivity contribution in [2.75, 3.05) is 0 Å². The van der Waals surface area contributed by atoms with Crippen molar-refractivity contribution in [3.8, 4) is 0 Å². The number of benzene rings is 1. The third-order valence-electron chi connectivity index (χ3n) is 3.24. The second kappa shape index (κ2) is 4.75. The zero-order valence-electron chi connectivity index (χ0n) is 8.82. The number of halogens is 1. The fourth-order valence-electron chi connectivity index (χ4n) is 2.37. The summed E-state index contributed by atoms with van der Waals surface area (Å²) in [5.41, 5.74) is 1.16. The predicted octanol–water partition coefficient (Wildman–Crippen LogP) is 3.23. The molecule has 0 amide bonds. The van der Waals surface area contributed by atoms with Crippen LogP contribution in [0.1, 0.15) is 43.6 Å². The summed E-state index contributed by atoms with van der Waals surface area (Å²) in [5.74, 6) is 0.219. The van der Waals surface area contributed by atoms with Crippen LogP contribution in [0.25, 0.3) is 0 Å². The summed E-state index contributed by atoms with van der Waals surface area (Å²) in [6.45, 7) is 0. The van der Waals surface area contributed by atoms with Crippen molar-refractivity contribution in [2.24, 2.45) is 0 Å². The molecule has 1 saturated carbocycles. The third kappa shape index (κ3) is 2.78. The molecule has 0 aromatic heterocycles. The lowest BCUT2D eigenvalue weighted by molar-refractivity contribution is 0.152. The van der Waals surface area contributed by atoms with Crippen LogP contribution in [-0.4, -0.2) is 11.2 Å². The largest absolute Gasteiger partial charge is 0.393 e. The Balaban J connectivity index is 2.11. The van der Waals surface area contributed by atoms with Crippen molar-refractivity contribution < 1.29 is 9.50 Å². The van der Waals surface area contributed by atoms with Crippen LogP contribution in [0.3, 0.4) is 0 Å². The van der Waals surface area contributed by atoms with Crippen molar-refractivity contribution in [2.45, 2.75) is 44.1 Å². The number of hydrogen-bond acceptors (Lipinski definition) is 1. The molecule has 2 heteroatoms. The third-order valence-corrected chi connectivity index (χ3v) is 3.24. The monoisotopic (exact) mass is 208 g/mol. The first-order valence-corrected chi connectivity index (χ1v) is 5.69. The highest BCUT2D eigenvalue weighted by Gasteiger charge is 2.19. The molecule has 0 bridgehead atoms. The van der Waals surface area contributed by atoms with Crippen LogP contribution < -0.4 is 0 Å². The lowest BCUT2D eigenvalue weighted by atomic mass is 9.91. The van der Waals surface area contributed by atoms with E-state index in [0.29, 0.717) is 5.92 Å². The lowest BCUT2D eigenvalue weighted by Gasteiger charge is -2.16. The Labute approximate surface area is 89.9 Å². The summed E-state index contributed by atoms with van der Waals surface area (Å²) >= 11 is 0. The molecule has 0 radical (unpaired) electrons. The molecule has 0 saturated heterocycles. The number of aliphatic hydroxyl groups is 1. The SMILES string of the molecule is OC1CCCCC(c2ccc(F)cc2)C1. The standard InChI is InChI=1S/C13H17FO/c14-12-7-5-10(6-8-12)11-3-1-2-4-13(15)9-11/h5-8,11,13,15H,1-4,9H2. The number of aliphatic hydroxyl groups excluding tert-OH is 1. The molecule has 82 valence electrons. The van der Waals surface area contributed by atoms with Gasteiger partial charge in [0, 0.05) is 0 Å². The molecule has 1 aromatic carbocycles. The van der Waals surface area contributed by atoms with E-state index in [2.05, 4.69) is 0 Å². The zero-order chi connectivity index (χ0) is 10.7. The van der Waals surface area contributed by atoms with Crippen molar-refractivity contribution in [3.05, 3.63) is 35.6 Å². The van der Waals surface area contributed by atoms with Crippen LogP contribution >= 0.6 is 0 Å². The summed E-state index contributed by atoms with van der Waals surface area (Å²) in [4.78, 5) is 0. The van der Waals surface area contributed by atoms with Gasteiger partial charge in [-0.3, -0.25) is 0 Å². The van der Waals surface area contributed by atoms with E-state index < -0.39 is 0 Å². The van der Waals surface area contributed by atoms with Crippen molar-refractivity contribution in [1.82, 2.24) is 0 Å². The second-order valence-electron chi connectivity index (χ2n) is 4.42. The molecule has 2 unspecified atom stereocenters. The van der Waals surface area contributed by atoms with Crippen molar-refractivity contribution in [1.29, 1.82) is 0 Å². The maximum Gasteiger partial charge on any atom is 0.123 e. The van der Waals surface area contributed by atoms with Gasteiger partial charge in [0.1, 0.15) is 5.82 Å². The highest BCUT2D eigenvalue weighted by atomic mass is 19.1. The minimum atomic E-state index is -0.187. The Bertz CT molecular complexity index is 307. The van der Waals surface area contributed by atoms with E-state index in [-0.39, 0.29) is 11.9 Å². The first-order chi connectivity index (χ1) is 7.25. The van der Waals surface area contributed by atoms with Gasteiger partial charge in [-0.25, -0.2) is 4.39 Å². The zero-order valence-corrected chi connectivity index (χ0v) is 8.82. The van der Waals surface area contributed by atoms with Gasteiger partial charge in [-0.2, -0.15) is 0 Å². The van der Waals surface area contributed by atoms with Crippen LogP contribution in [0.5, 0.6) is 0 Å². The summed E-state index contributed by atoms with van der Waals surface area (Å²) < 4.78 is 12.8. The molecule has 2 rings (SSSR count). The van der Waals surface area contributed by atoms with Crippen molar-refractivity contribution in [3.63, 3.8) is 0 Å². The van der Waals surface area contributed by atoms with Crippen LogP contribution in [0.15, 0.2) is 24.3 Å². The van der Waals surface area contributed by atoms with Crippen LogP contribution in [-0.2, 0) is 0 Å². The van der Waals surface area contributed by atoms with Gasteiger partial charge in [0.25, 0.3) is 0 Å². The molecule has 1 fully saturated rings. The summed E-state index contributed by atoms with van der Waals surface area (Å²) in [6.07, 6.45) is 4.95. The molecular formula is C13H17FO. The van der Waals surface area contributed by atoms with Gasteiger partial charge in [-0.15, -0.1) is 0 Å². The second-order valence-corrected chi connectivity index (χ2v) is 4.42. The molecule has 1 aliphatic carbocycles. The Morgan fingerprint density at radius 1 is 1.07 bits per heavy atom. The molecular weight excluding hydrogens is 191 g/mol. The van der Waals surface area contributed by atoms with Gasteiger partial charge in [0.05, 0.1) is 6.10 Å². The average molecular weight is 208 g/mol. The summed E-state index contributed by atoms with van der Waals surface area (Å²) in [7, 11) is 0. The minimum absolute atomic E-state index is 0.178. The molecule has 1 nitrogen and oxygen atoms in total. The van der Waals surface area contributed by atoms with E-state index in [1.165, 1.54) is 18.6 Å². The Kier molecular flexibility index (Phi) is 3.37. The van der Waals surface area contributed by atoms with Gasteiger partial charge in [0.15, 0.2) is 0 Å². The molecule has 0 spiro atoms. The molecule has 15 heavy (non-hydrogen) atoms. The molecule has 1 aromatic rings. The van der Waals surface area contributed by atoms with E-state index in [1.807, 2.05) is 12.1 Å². The van der Waals surface area contributed by atoms with Gasteiger partial charge in [-0.05, 0) is 42.9 Å². The Hall–Kier alpha value is -0.890. The smallest absolute Gasteiger partial charge is 0.123 e. The van der Waals surface area contributed by atoms with Gasteiger partial charge in [-0.1, -0.05) is 25.0 Å². The predicted molar refractivity (Wildman–Crippen MR) is 58.2 cm³/mol. The first kappa shape index (κ1) is 10.6. The normalized spacial score (nSPS) is 27.3. The van der Waals surface area contributed by atoms with Crippen molar-refractivity contribution >= 4 is 0 Å². The highest BCUT2D eigenvalue weighted by Crippen LogP contribution is 2.31.